The van der Waals surface area contributed by atoms with E-state index in [1.165, 1.54) is 12.8 Å². The molecule has 1 aliphatic rings. The zero-order valence-electron chi connectivity index (χ0n) is 10.5. The molecule has 0 amide bonds. The van der Waals surface area contributed by atoms with Crippen LogP contribution < -0.4 is 5.32 Å². The van der Waals surface area contributed by atoms with Crippen LogP contribution in [0.25, 0.3) is 11.4 Å². The molecule has 5 heteroatoms. The monoisotopic (exact) mass is 337 g/mol. The molecule has 98 valence electrons. The van der Waals surface area contributed by atoms with Crippen molar-refractivity contribution in [2.24, 2.45) is 0 Å². The molecule has 0 spiro atoms. The van der Waals surface area contributed by atoms with Crippen molar-refractivity contribution >= 4 is 33.3 Å². The third-order valence-electron chi connectivity index (χ3n) is 3.17. The van der Waals surface area contributed by atoms with Crippen LogP contribution in [0.2, 0.25) is 5.02 Å². The molecule has 0 radical (unpaired) electrons. The van der Waals surface area contributed by atoms with Crippen LogP contribution in [0.5, 0.6) is 0 Å². The maximum atomic E-state index is 5.97. The zero-order valence-corrected chi connectivity index (χ0v) is 12.8. The molecule has 1 aromatic heterocycles. The van der Waals surface area contributed by atoms with E-state index in [-0.39, 0.29) is 0 Å². The van der Waals surface area contributed by atoms with E-state index in [9.17, 15) is 0 Å². The van der Waals surface area contributed by atoms with Crippen molar-refractivity contribution in [2.45, 2.75) is 18.8 Å². The summed E-state index contributed by atoms with van der Waals surface area (Å²) < 4.78 is 0.912. The Balaban J connectivity index is 2.10. The lowest BCUT2D eigenvalue weighted by molar-refractivity contribution is 0.994. The van der Waals surface area contributed by atoms with Gasteiger partial charge in [-0.25, -0.2) is 9.97 Å². The molecule has 1 N–H and O–H groups in total. The number of hydrogen-bond acceptors (Lipinski definition) is 3. The Morgan fingerprint density at radius 2 is 2.05 bits per heavy atom. The molecule has 1 aromatic carbocycles. The number of rotatable bonds is 3. The number of halogens is 2. The molecule has 19 heavy (non-hydrogen) atoms. The van der Waals surface area contributed by atoms with Crippen LogP contribution in [0.4, 0.5) is 5.82 Å². The highest BCUT2D eigenvalue weighted by molar-refractivity contribution is 9.10. The van der Waals surface area contributed by atoms with Crippen molar-refractivity contribution in [3.8, 4) is 11.4 Å². The van der Waals surface area contributed by atoms with Crippen LogP contribution in [0, 0.1) is 0 Å². The summed E-state index contributed by atoms with van der Waals surface area (Å²) in [7, 11) is 1.87. The van der Waals surface area contributed by atoms with E-state index in [1.807, 2.05) is 31.3 Å². The maximum Gasteiger partial charge on any atom is 0.162 e. The Hall–Kier alpha value is -1.13. The first kappa shape index (κ1) is 12.9. The second-order valence-corrected chi connectivity index (χ2v) is 5.94. The van der Waals surface area contributed by atoms with E-state index in [1.54, 1.807) is 0 Å². The topological polar surface area (TPSA) is 37.8 Å². The lowest BCUT2D eigenvalue weighted by Crippen LogP contribution is -2.00. The molecular formula is C14H13BrClN3. The molecule has 1 fully saturated rings. The summed E-state index contributed by atoms with van der Waals surface area (Å²) in [5, 5.41) is 3.80. The third kappa shape index (κ3) is 2.74. The third-order valence-corrected chi connectivity index (χ3v) is 4.06. The number of aromatic nitrogens is 2. The van der Waals surface area contributed by atoms with Crippen LogP contribution in [0.1, 0.15) is 24.5 Å². The molecule has 0 bridgehead atoms. The number of hydrogen-bond donors (Lipinski definition) is 1. The van der Waals surface area contributed by atoms with Crippen molar-refractivity contribution in [3.05, 3.63) is 39.5 Å². The molecule has 0 unspecified atom stereocenters. The predicted molar refractivity (Wildman–Crippen MR) is 81.7 cm³/mol. The van der Waals surface area contributed by atoms with Crippen molar-refractivity contribution in [1.29, 1.82) is 0 Å². The first-order valence-electron chi connectivity index (χ1n) is 6.19. The molecule has 3 rings (SSSR count). The molecule has 0 saturated heterocycles. The van der Waals surface area contributed by atoms with E-state index in [0.717, 1.165) is 27.4 Å². The van der Waals surface area contributed by atoms with E-state index < -0.39 is 0 Å². The number of nitrogens with zero attached hydrogens (tertiary/aromatic N) is 2. The van der Waals surface area contributed by atoms with Gasteiger partial charge in [0.25, 0.3) is 0 Å². The average molecular weight is 339 g/mol. The largest absolute Gasteiger partial charge is 0.373 e. The molecule has 3 nitrogen and oxygen atoms in total. The summed E-state index contributed by atoms with van der Waals surface area (Å²) in [6, 6.07) is 7.69. The van der Waals surface area contributed by atoms with Crippen LogP contribution >= 0.6 is 27.5 Å². The van der Waals surface area contributed by atoms with Crippen molar-refractivity contribution < 1.29 is 0 Å². The summed E-state index contributed by atoms with van der Waals surface area (Å²) in [6.07, 6.45) is 2.45. The van der Waals surface area contributed by atoms with Gasteiger partial charge in [0.05, 0.1) is 0 Å². The van der Waals surface area contributed by atoms with Gasteiger partial charge >= 0.3 is 0 Å². The lowest BCUT2D eigenvalue weighted by atomic mass is 10.2. The normalized spacial score (nSPS) is 14.5. The van der Waals surface area contributed by atoms with Gasteiger partial charge in [0.1, 0.15) is 5.82 Å². The van der Waals surface area contributed by atoms with Gasteiger partial charge < -0.3 is 5.32 Å². The average Bonchev–Trinajstić information content (AvgIpc) is 3.22. The zero-order chi connectivity index (χ0) is 13.4. The quantitative estimate of drug-likeness (QED) is 0.896. The summed E-state index contributed by atoms with van der Waals surface area (Å²) in [5.74, 6) is 2.19. The first-order valence-corrected chi connectivity index (χ1v) is 7.36. The first-order chi connectivity index (χ1) is 9.17. The van der Waals surface area contributed by atoms with Crippen LogP contribution in [0.15, 0.2) is 28.7 Å². The molecular weight excluding hydrogens is 326 g/mol. The summed E-state index contributed by atoms with van der Waals surface area (Å²) >= 11 is 9.49. The van der Waals surface area contributed by atoms with Gasteiger partial charge in [0.2, 0.25) is 0 Å². The van der Waals surface area contributed by atoms with Gasteiger partial charge in [-0.15, -0.1) is 0 Å². The Labute approximate surface area is 125 Å². The Bertz CT molecular complexity index is 626. The minimum atomic E-state index is 0.597. The molecule has 1 aliphatic carbocycles. The van der Waals surface area contributed by atoms with Gasteiger partial charge in [-0.2, -0.15) is 0 Å². The Morgan fingerprint density at radius 1 is 1.26 bits per heavy atom. The van der Waals surface area contributed by atoms with Crippen molar-refractivity contribution in [1.82, 2.24) is 9.97 Å². The second-order valence-electron chi connectivity index (χ2n) is 4.65. The molecule has 1 saturated carbocycles. The number of nitrogens with one attached hydrogen (secondary N) is 1. The van der Waals surface area contributed by atoms with Gasteiger partial charge in [0, 0.05) is 39.8 Å². The Kier molecular flexibility index (Phi) is 3.46. The van der Waals surface area contributed by atoms with Crippen molar-refractivity contribution in [3.63, 3.8) is 0 Å². The van der Waals surface area contributed by atoms with Gasteiger partial charge in [-0.3, -0.25) is 0 Å². The summed E-state index contributed by atoms with van der Waals surface area (Å²) in [6.45, 7) is 0. The van der Waals surface area contributed by atoms with E-state index in [0.29, 0.717) is 10.9 Å². The number of benzene rings is 1. The Morgan fingerprint density at radius 3 is 2.68 bits per heavy atom. The highest BCUT2D eigenvalue weighted by atomic mass is 79.9. The fraction of sp³-hybridized carbons (Fsp3) is 0.286. The summed E-state index contributed by atoms with van der Waals surface area (Å²) in [5.41, 5.74) is 2.08. The maximum absolute atomic E-state index is 5.97. The molecule has 0 atom stereocenters. The van der Waals surface area contributed by atoms with Crippen molar-refractivity contribution in [2.75, 3.05) is 12.4 Å². The lowest BCUT2D eigenvalue weighted by Gasteiger charge is -2.09. The minimum Gasteiger partial charge on any atom is -0.373 e. The molecule has 2 aromatic rings. The van der Waals surface area contributed by atoms with Crippen LogP contribution in [0.3, 0.4) is 0 Å². The fourth-order valence-electron chi connectivity index (χ4n) is 1.97. The highest BCUT2D eigenvalue weighted by Crippen LogP contribution is 2.40. The van der Waals surface area contributed by atoms with E-state index >= 15 is 0 Å². The highest BCUT2D eigenvalue weighted by Gasteiger charge is 2.26. The van der Waals surface area contributed by atoms with Gasteiger partial charge in [-0.1, -0.05) is 11.6 Å². The van der Waals surface area contributed by atoms with E-state index in [4.69, 9.17) is 11.6 Å². The van der Waals surface area contributed by atoms with E-state index in [2.05, 4.69) is 31.2 Å². The van der Waals surface area contributed by atoms with Gasteiger partial charge in [-0.05, 0) is 47.0 Å². The molecule has 0 aliphatic heterocycles. The van der Waals surface area contributed by atoms with Crippen LogP contribution in [-0.4, -0.2) is 17.0 Å². The predicted octanol–water partition coefficient (Wildman–Crippen LogP) is 4.48. The standard InChI is InChI=1S/C14H13BrClN3/c1-17-13-7-12(8-2-3-8)18-14(19-13)10-5-4-9(16)6-11(10)15/h4-8H,2-3H2,1H3,(H,17,18,19). The summed E-state index contributed by atoms with van der Waals surface area (Å²) in [4.78, 5) is 9.21. The van der Waals surface area contributed by atoms with Gasteiger partial charge in [0.15, 0.2) is 5.82 Å². The SMILES string of the molecule is CNc1cc(C2CC2)nc(-c2ccc(Cl)cc2Br)n1. The van der Waals surface area contributed by atoms with Crippen LogP contribution in [-0.2, 0) is 0 Å². The second kappa shape index (κ2) is 5.10. The minimum absolute atomic E-state index is 0.597. The fourth-order valence-corrected chi connectivity index (χ4v) is 2.83. The molecule has 1 heterocycles. The number of anilines is 1. The smallest absolute Gasteiger partial charge is 0.162 e.